The van der Waals surface area contributed by atoms with Crippen molar-refractivity contribution < 1.29 is 9.53 Å². The summed E-state index contributed by atoms with van der Waals surface area (Å²) >= 11 is 0. The summed E-state index contributed by atoms with van der Waals surface area (Å²) in [4.78, 5) is 42.6. The Hall–Kier alpha value is -3.20. The van der Waals surface area contributed by atoms with Crippen molar-refractivity contribution in [1.82, 2.24) is 24.8 Å². The number of ether oxygens (including phenoxy) is 1. The van der Waals surface area contributed by atoms with Gasteiger partial charge in [0.1, 0.15) is 5.69 Å². The van der Waals surface area contributed by atoms with E-state index in [4.69, 9.17) is 4.74 Å². The van der Waals surface area contributed by atoms with Crippen LogP contribution in [0.1, 0.15) is 12.8 Å². The molecule has 0 radical (unpaired) electrons. The number of aromatic amines is 1. The van der Waals surface area contributed by atoms with E-state index in [1.54, 1.807) is 31.8 Å². The highest BCUT2D eigenvalue weighted by Crippen LogP contribution is 2.33. The van der Waals surface area contributed by atoms with Gasteiger partial charge in [0, 0.05) is 44.0 Å². The number of likely N-dealkylation sites (tertiary alicyclic amines) is 1. The summed E-state index contributed by atoms with van der Waals surface area (Å²) in [6.07, 6.45) is 10.7. The lowest BCUT2D eigenvalue weighted by atomic mass is 10.0. The zero-order chi connectivity index (χ0) is 22.7. The SMILES string of the molecule is COc1cncc(-c2c[nH]c(=O)c(N(CC3CC3)C3CN(C(=O)/C=C/CN(C)C)C3)c2)n1. The number of rotatable bonds is 9. The molecule has 2 aromatic heterocycles. The minimum absolute atomic E-state index is 0.0174. The maximum absolute atomic E-state index is 12.8. The highest BCUT2D eigenvalue weighted by atomic mass is 16.5. The van der Waals surface area contributed by atoms with Crippen LogP contribution >= 0.6 is 0 Å². The average Bonchev–Trinajstić information content (AvgIpc) is 3.56. The fraction of sp³-hybridized carbons (Fsp3) is 0.478. The summed E-state index contributed by atoms with van der Waals surface area (Å²) in [5, 5.41) is 0. The highest BCUT2D eigenvalue weighted by Gasteiger charge is 2.37. The van der Waals surface area contributed by atoms with E-state index in [2.05, 4.69) is 19.9 Å². The van der Waals surface area contributed by atoms with Crippen molar-refractivity contribution >= 4 is 11.6 Å². The van der Waals surface area contributed by atoms with E-state index >= 15 is 0 Å². The van der Waals surface area contributed by atoms with Gasteiger partial charge >= 0.3 is 0 Å². The Balaban J connectivity index is 1.52. The van der Waals surface area contributed by atoms with E-state index in [0.717, 1.165) is 18.7 Å². The number of aromatic nitrogens is 3. The Labute approximate surface area is 187 Å². The molecule has 1 N–H and O–H groups in total. The van der Waals surface area contributed by atoms with Crippen molar-refractivity contribution in [3.05, 3.63) is 47.2 Å². The number of nitrogens with zero attached hydrogens (tertiary/aromatic N) is 5. The second kappa shape index (κ2) is 9.52. The molecule has 0 bridgehead atoms. The third-order valence-electron chi connectivity index (χ3n) is 5.81. The number of nitrogens with one attached hydrogen (secondary N) is 1. The van der Waals surface area contributed by atoms with Gasteiger partial charge in [-0.3, -0.25) is 14.6 Å². The Bertz CT molecular complexity index is 1040. The fourth-order valence-electron chi connectivity index (χ4n) is 3.74. The molecule has 1 aliphatic carbocycles. The van der Waals surface area contributed by atoms with Gasteiger partial charge in [-0.2, -0.15) is 0 Å². The lowest BCUT2D eigenvalue weighted by molar-refractivity contribution is -0.130. The van der Waals surface area contributed by atoms with Crippen LogP contribution in [0.2, 0.25) is 0 Å². The quantitative estimate of drug-likeness (QED) is 0.591. The lowest BCUT2D eigenvalue weighted by Gasteiger charge is -2.46. The van der Waals surface area contributed by atoms with Crippen LogP contribution in [0, 0.1) is 5.92 Å². The molecule has 0 spiro atoms. The minimum Gasteiger partial charge on any atom is -0.480 e. The molecule has 3 heterocycles. The standard InChI is InChI=1S/C23H30N6O3/c1-27(2)8-4-5-22(30)28-14-18(15-28)29(13-16-6-7-16)20-9-17(10-25-23(20)31)19-11-24-12-21(26-19)32-3/h4-5,9-12,16,18H,6-8,13-15H2,1-3H3,(H,25,31)/b5-4+. The molecule has 1 aliphatic heterocycles. The van der Waals surface area contributed by atoms with Crippen LogP contribution in [0.25, 0.3) is 11.3 Å². The van der Waals surface area contributed by atoms with Crippen LogP contribution in [-0.2, 0) is 4.79 Å². The summed E-state index contributed by atoms with van der Waals surface area (Å²) in [7, 11) is 5.47. The smallest absolute Gasteiger partial charge is 0.271 e. The van der Waals surface area contributed by atoms with Gasteiger partial charge in [-0.05, 0) is 38.9 Å². The number of hydrogen-bond acceptors (Lipinski definition) is 7. The Kier molecular flexibility index (Phi) is 6.55. The Morgan fingerprint density at radius 2 is 2.09 bits per heavy atom. The topological polar surface area (TPSA) is 94.7 Å². The summed E-state index contributed by atoms with van der Waals surface area (Å²) in [5.74, 6) is 1.03. The largest absolute Gasteiger partial charge is 0.480 e. The molecule has 9 nitrogen and oxygen atoms in total. The van der Waals surface area contributed by atoms with E-state index in [9.17, 15) is 9.59 Å². The van der Waals surface area contributed by atoms with Gasteiger partial charge < -0.3 is 24.4 Å². The molecule has 1 amide bonds. The number of likely N-dealkylation sites (N-methyl/N-ethyl adjacent to an activating group) is 1. The predicted octanol–water partition coefficient (Wildman–Crippen LogP) is 1.39. The summed E-state index contributed by atoms with van der Waals surface area (Å²) in [5.41, 5.74) is 1.87. The Morgan fingerprint density at radius 1 is 1.31 bits per heavy atom. The van der Waals surface area contributed by atoms with Crippen LogP contribution in [0.4, 0.5) is 5.69 Å². The number of pyridine rings is 1. The van der Waals surface area contributed by atoms with E-state index < -0.39 is 0 Å². The molecule has 2 fully saturated rings. The molecular weight excluding hydrogens is 408 g/mol. The molecule has 0 aromatic carbocycles. The highest BCUT2D eigenvalue weighted by molar-refractivity contribution is 5.88. The number of amides is 1. The minimum atomic E-state index is -0.138. The first-order chi connectivity index (χ1) is 15.4. The van der Waals surface area contributed by atoms with Gasteiger partial charge in [-0.15, -0.1) is 0 Å². The molecule has 1 saturated heterocycles. The van der Waals surface area contributed by atoms with E-state index in [1.165, 1.54) is 12.8 Å². The van der Waals surface area contributed by atoms with Crippen molar-refractivity contribution in [2.45, 2.75) is 18.9 Å². The number of carbonyl (C=O) groups excluding carboxylic acids is 1. The monoisotopic (exact) mass is 438 g/mol. The third-order valence-corrected chi connectivity index (χ3v) is 5.81. The number of H-pyrrole nitrogens is 1. The first kappa shape index (κ1) is 22.0. The van der Waals surface area contributed by atoms with Gasteiger partial charge in [0.2, 0.25) is 11.8 Å². The zero-order valence-corrected chi connectivity index (χ0v) is 18.8. The van der Waals surface area contributed by atoms with Crippen LogP contribution in [0.3, 0.4) is 0 Å². The van der Waals surface area contributed by atoms with Gasteiger partial charge in [-0.1, -0.05) is 6.08 Å². The number of carbonyl (C=O) groups is 1. The molecule has 2 aromatic rings. The molecule has 32 heavy (non-hydrogen) atoms. The average molecular weight is 439 g/mol. The van der Waals surface area contributed by atoms with Crippen LogP contribution in [-0.4, -0.2) is 84.1 Å². The molecule has 9 heteroatoms. The first-order valence-corrected chi connectivity index (χ1v) is 10.9. The molecular formula is C23H30N6O3. The van der Waals surface area contributed by atoms with Gasteiger partial charge in [0.15, 0.2) is 0 Å². The maximum atomic E-state index is 12.8. The first-order valence-electron chi connectivity index (χ1n) is 10.9. The van der Waals surface area contributed by atoms with Crippen LogP contribution in [0.15, 0.2) is 41.6 Å². The summed E-state index contributed by atoms with van der Waals surface area (Å²) in [6, 6.07) is 1.99. The fourth-order valence-corrected chi connectivity index (χ4v) is 3.74. The van der Waals surface area contributed by atoms with Crippen molar-refractivity contribution in [1.29, 1.82) is 0 Å². The molecule has 0 unspecified atom stereocenters. The third kappa shape index (κ3) is 5.16. The van der Waals surface area contributed by atoms with Crippen LogP contribution < -0.4 is 15.2 Å². The normalized spacial score (nSPS) is 16.4. The van der Waals surface area contributed by atoms with E-state index in [0.29, 0.717) is 36.3 Å². The predicted molar refractivity (Wildman–Crippen MR) is 123 cm³/mol. The van der Waals surface area contributed by atoms with Gasteiger partial charge in [-0.25, -0.2) is 4.98 Å². The number of anilines is 1. The maximum Gasteiger partial charge on any atom is 0.271 e. The second-order valence-electron chi connectivity index (χ2n) is 8.71. The van der Waals surface area contributed by atoms with E-state index in [-0.39, 0.29) is 17.5 Å². The summed E-state index contributed by atoms with van der Waals surface area (Å²) in [6.45, 7) is 2.77. The van der Waals surface area contributed by atoms with Crippen molar-refractivity contribution in [3.8, 4) is 17.1 Å². The van der Waals surface area contributed by atoms with Crippen molar-refractivity contribution in [2.24, 2.45) is 5.92 Å². The molecule has 4 rings (SSSR count). The van der Waals surface area contributed by atoms with Crippen LogP contribution in [0.5, 0.6) is 5.88 Å². The second-order valence-corrected chi connectivity index (χ2v) is 8.71. The number of methoxy groups -OCH3 is 1. The molecule has 170 valence electrons. The van der Waals surface area contributed by atoms with E-state index in [1.807, 2.05) is 36.0 Å². The van der Waals surface area contributed by atoms with Crippen molar-refractivity contribution in [3.63, 3.8) is 0 Å². The number of hydrogen-bond donors (Lipinski definition) is 1. The van der Waals surface area contributed by atoms with Crippen molar-refractivity contribution in [2.75, 3.05) is 52.3 Å². The lowest BCUT2D eigenvalue weighted by Crippen LogP contribution is -2.62. The van der Waals surface area contributed by atoms with Gasteiger partial charge in [0.05, 0.1) is 31.2 Å². The molecule has 2 aliphatic rings. The molecule has 0 atom stereocenters. The van der Waals surface area contributed by atoms with Gasteiger partial charge in [0.25, 0.3) is 5.56 Å². The summed E-state index contributed by atoms with van der Waals surface area (Å²) < 4.78 is 5.18. The Morgan fingerprint density at radius 3 is 2.78 bits per heavy atom. The molecule has 1 saturated carbocycles. The zero-order valence-electron chi connectivity index (χ0n) is 18.8.